The Morgan fingerprint density at radius 1 is 1.47 bits per heavy atom. The van der Waals surface area contributed by atoms with E-state index in [0.29, 0.717) is 0 Å². The number of rotatable bonds is 6. The first-order chi connectivity index (χ1) is 8.86. The Hall–Kier alpha value is -1.65. The number of methoxy groups -OCH3 is 1. The second-order valence-electron chi connectivity index (χ2n) is 3.59. The van der Waals surface area contributed by atoms with E-state index in [1.54, 1.807) is 0 Å². The van der Waals surface area contributed by atoms with E-state index >= 15 is 0 Å². The van der Waals surface area contributed by atoms with Gasteiger partial charge < -0.3 is 15.2 Å². The number of nitrogens with zero attached hydrogens (tertiary/aromatic N) is 2. The van der Waals surface area contributed by atoms with Crippen LogP contribution >= 0.6 is 0 Å². The molecule has 0 spiro atoms. The summed E-state index contributed by atoms with van der Waals surface area (Å²) in [5.74, 6) is 4.51. The molecule has 0 aliphatic carbocycles. The Labute approximate surface area is 107 Å². The van der Waals surface area contributed by atoms with Gasteiger partial charge in [-0.1, -0.05) is 0 Å². The normalized spacial score (nSPS) is 13.2. The number of aromatic nitrogens is 2. The molecule has 19 heavy (non-hydrogen) atoms. The molecule has 0 bridgehead atoms. The van der Waals surface area contributed by atoms with Crippen LogP contribution in [-0.4, -0.2) is 41.4 Å². The molecule has 1 aromatic rings. The number of hydrogen-bond donors (Lipinski definition) is 4. The highest BCUT2D eigenvalue weighted by molar-refractivity contribution is 5.42. The molecule has 108 valence electrons. The predicted molar refractivity (Wildman–Crippen MR) is 61.2 cm³/mol. The van der Waals surface area contributed by atoms with Gasteiger partial charge in [0.2, 0.25) is 5.95 Å². The van der Waals surface area contributed by atoms with Crippen LogP contribution in [0.15, 0.2) is 6.07 Å². The highest BCUT2D eigenvalue weighted by atomic mass is 19.4. The van der Waals surface area contributed by atoms with E-state index in [0.717, 1.165) is 6.07 Å². The molecule has 0 amide bonds. The number of aliphatic hydroxyl groups excluding tert-OH is 1. The zero-order chi connectivity index (χ0) is 14.5. The predicted octanol–water partition coefficient (Wildman–Crippen LogP) is 0.200. The minimum Gasteiger partial charge on any atom is -0.389 e. The molecular formula is C9H14F3N5O2. The summed E-state index contributed by atoms with van der Waals surface area (Å²) in [4.78, 5) is 6.87. The maximum Gasteiger partial charge on any atom is 0.433 e. The van der Waals surface area contributed by atoms with E-state index in [-0.39, 0.29) is 24.9 Å². The summed E-state index contributed by atoms with van der Waals surface area (Å²) in [7, 11) is 1.39. The Morgan fingerprint density at radius 3 is 2.68 bits per heavy atom. The van der Waals surface area contributed by atoms with Crippen molar-refractivity contribution in [2.75, 3.05) is 31.0 Å². The van der Waals surface area contributed by atoms with E-state index in [1.807, 2.05) is 5.43 Å². The molecule has 7 nitrogen and oxygen atoms in total. The first kappa shape index (κ1) is 15.4. The van der Waals surface area contributed by atoms with Crippen molar-refractivity contribution < 1.29 is 23.0 Å². The van der Waals surface area contributed by atoms with Crippen LogP contribution in [0.1, 0.15) is 5.69 Å². The minimum absolute atomic E-state index is 0.0217. The molecule has 1 heterocycles. The molecule has 1 unspecified atom stereocenters. The molecular weight excluding hydrogens is 267 g/mol. The number of hydrazine groups is 1. The molecule has 0 aromatic carbocycles. The van der Waals surface area contributed by atoms with Crippen LogP contribution in [0.4, 0.5) is 24.9 Å². The van der Waals surface area contributed by atoms with Crippen LogP contribution in [0, 0.1) is 0 Å². The zero-order valence-corrected chi connectivity index (χ0v) is 10.0. The van der Waals surface area contributed by atoms with E-state index in [2.05, 4.69) is 20.0 Å². The summed E-state index contributed by atoms with van der Waals surface area (Å²) in [6.45, 7) is 0.0262. The average molecular weight is 281 g/mol. The number of halogens is 3. The fraction of sp³-hybridized carbons (Fsp3) is 0.556. The van der Waals surface area contributed by atoms with Gasteiger partial charge in [0.05, 0.1) is 12.7 Å². The van der Waals surface area contributed by atoms with Crippen LogP contribution in [-0.2, 0) is 10.9 Å². The van der Waals surface area contributed by atoms with Gasteiger partial charge in [-0.25, -0.2) is 10.8 Å². The van der Waals surface area contributed by atoms with Crippen molar-refractivity contribution in [2.45, 2.75) is 12.3 Å². The number of anilines is 2. The van der Waals surface area contributed by atoms with Crippen LogP contribution < -0.4 is 16.6 Å². The SMILES string of the molecule is COCC(O)CNc1cc(C(F)(F)F)nc(NN)n1. The van der Waals surface area contributed by atoms with E-state index in [9.17, 15) is 18.3 Å². The molecule has 1 atom stereocenters. The number of aliphatic hydroxyl groups is 1. The quantitative estimate of drug-likeness (QED) is 0.436. The van der Waals surface area contributed by atoms with E-state index in [4.69, 9.17) is 5.84 Å². The van der Waals surface area contributed by atoms with Crippen molar-refractivity contribution in [1.82, 2.24) is 9.97 Å². The number of nitrogens with two attached hydrogens (primary N) is 1. The summed E-state index contributed by atoms with van der Waals surface area (Å²) < 4.78 is 42.3. The van der Waals surface area contributed by atoms with Crippen LogP contribution in [0.3, 0.4) is 0 Å². The van der Waals surface area contributed by atoms with Crippen molar-refractivity contribution in [3.05, 3.63) is 11.8 Å². The van der Waals surface area contributed by atoms with Crippen molar-refractivity contribution in [1.29, 1.82) is 0 Å². The first-order valence-corrected chi connectivity index (χ1v) is 5.20. The molecule has 1 aromatic heterocycles. The Bertz CT molecular complexity index is 415. The second kappa shape index (κ2) is 6.50. The maximum absolute atomic E-state index is 12.5. The Kier molecular flexibility index (Phi) is 5.27. The number of nitrogens with one attached hydrogen (secondary N) is 2. The van der Waals surface area contributed by atoms with Gasteiger partial charge in [0.15, 0.2) is 5.69 Å². The second-order valence-corrected chi connectivity index (χ2v) is 3.59. The smallest absolute Gasteiger partial charge is 0.389 e. The van der Waals surface area contributed by atoms with Gasteiger partial charge in [0.1, 0.15) is 5.82 Å². The van der Waals surface area contributed by atoms with E-state index < -0.39 is 18.0 Å². The fourth-order valence-corrected chi connectivity index (χ4v) is 1.22. The van der Waals surface area contributed by atoms with Crippen molar-refractivity contribution in [2.24, 2.45) is 5.84 Å². The van der Waals surface area contributed by atoms with Gasteiger partial charge in [0, 0.05) is 19.7 Å². The van der Waals surface area contributed by atoms with Gasteiger partial charge in [0.25, 0.3) is 0 Å². The van der Waals surface area contributed by atoms with Crippen LogP contribution in [0.5, 0.6) is 0 Å². The average Bonchev–Trinajstić information content (AvgIpc) is 2.35. The third-order valence-electron chi connectivity index (χ3n) is 2.02. The lowest BCUT2D eigenvalue weighted by Gasteiger charge is -2.13. The summed E-state index contributed by atoms with van der Waals surface area (Å²) in [6, 6.07) is 0.723. The van der Waals surface area contributed by atoms with Crippen LogP contribution in [0.25, 0.3) is 0 Å². The van der Waals surface area contributed by atoms with Crippen molar-refractivity contribution in [3.63, 3.8) is 0 Å². The standard InChI is InChI=1S/C9H14F3N5O2/c1-19-4-5(18)3-14-7-2-6(9(10,11)12)15-8(16-7)17-13/h2,5,18H,3-4,13H2,1H3,(H2,14,15,16,17). The number of nitrogen functional groups attached to an aromatic ring is 1. The lowest BCUT2D eigenvalue weighted by molar-refractivity contribution is -0.141. The minimum atomic E-state index is -4.61. The van der Waals surface area contributed by atoms with Gasteiger partial charge in [-0.2, -0.15) is 18.2 Å². The number of ether oxygens (including phenoxy) is 1. The molecule has 0 saturated carbocycles. The molecule has 10 heteroatoms. The van der Waals surface area contributed by atoms with Crippen molar-refractivity contribution >= 4 is 11.8 Å². The summed E-state index contributed by atoms with van der Waals surface area (Å²) in [5, 5.41) is 11.9. The van der Waals surface area contributed by atoms with Crippen molar-refractivity contribution in [3.8, 4) is 0 Å². The molecule has 0 fully saturated rings. The van der Waals surface area contributed by atoms with Gasteiger partial charge in [-0.3, -0.25) is 5.43 Å². The van der Waals surface area contributed by atoms with Gasteiger partial charge in [-0.05, 0) is 0 Å². The fourth-order valence-electron chi connectivity index (χ4n) is 1.22. The largest absolute Gasteiger partial charge is 0.433 e. The first-order valence-electron chi connectivity index (χ1n) is 5.20. The maximum atomic E-state index is 12.5. The molecule has 5 N–H and O–H groups in total. The summed E-state index contributed by atoms with van der Waals surface area (Å²) in [6.07, 6.45) is -5.49. The monoisotopic (exact) mass is 281 g/mol. The summed E-state index contributed by atoms with van der Waals surface area (Å²) in [5.41, 5.74) is 0.804. The molecule has 0 aliphatic rings. The highest BCUT2D eigenvalue weighted by Gasteiger charge is 2.33. The van der Waals surface area contributed by atoms with Crippen LogP contribution in [0.2, 0.25) is 0 Å². The molecule has 1 rings (SSSR count). The molecule has 0 saturated heterocycles. The number of alkyl halides is 3. The zero-order valence-electron chi connectivity index (χ0n) is 10.0. The van der Waals surface area contributed by atoms with Gasteiger partial charge >= 0.3 is 6.18 Å². The summed E-state index contributed by atoms with van der Waals surface area (Å²) >= 11 is 0. The number of hydrogen-bond acceptors (Lipinski definition) is 7. The Morgan fingerprint density at radius 2 is 2.16 bits per heavy atom. The molecule has 0 radical (unpaired) electrons. The molecule has 0 aliphatic heterocycles. The topological polar surface area (TPSA) is 105 Å². The van der Waals surface area contributed by atoms with E-state index in [1.165, 1.54) is 7.11 Å². The third kappa shape index (κ3) is 4.85. The highest BCUT2D eigenvalue weighted by Crippen LogP contribution is 2.29. The Balaban J connectivity index is 2.83. The lowest BCUT2D eigenvalue weighted by atomic mass is 10.3. The van der Waals surface area contributed by atoms with Gasteiger partial charge in [-0.15, -0.1) is 0 Å². The third-order valence-corrected chi connectivity index (χ3v) is 2.02. The lowest BCUT2D eigenvalue weighted by Crippen LogP contribution is -2.25.